The molecule has 2 heteroatoms. The smallest absolute Gasteiger partial charge is 0.128 e. The topological polar surface area (TPSA) is 25.8 Å². The van der Waals surface area contributed by atoms with Crippen LogP contribution in [-0.4, -0.2) is 9.97 Å². The highest BCUT2D eigenvalue weighted by atomic mass is 14.9. The highest BCUT2D eigenvalue weighted by molar-refractivity contribution is 5.23. The van der Waals surface area contributed by atoms with Crippen LogP contribution >= 0.6 is 0 Å². The van der Waals surface area contributed by atoms with E-state index in [2.05, 4.69) is 50.5 Å². The summed E-state index contributed by atoms with van der Waals surface area (Å²) in [7, 11) is 0. The minimum atomic E-state index is 0.682. The molecular weight excluding hydrogens is 364 g/mol. The summed E-state index contributed by atoms with van der Waals surface area (Å²) < 4.78 is 0. The van der Waals surface area contributed by atoms with Gasteiger partial charge in [0, 0.05) is 18.8 Å². The number of hydrogen-bond donors (Lipinski definition) is 0. The van der Waals surface area contributed by atoms with Gasteiger partial charge in [0.15, 0.2) is 0 Å². The van der Waals surface area contributed by atoms with Crippen molar-refractivity contribution in [1.82, 2.24) is 9.97 Å². The van der Waals surface area contributed by atoms with Crippen LogP contribution in [0.15, 0.2) is 36.7 Å². The molecule has 1 heterocycles. The van der Waals surface area contributed by atoms with Gasteiger partial charge in [-0.1, -0.05) is 76.6 Å². The quantitative estimate of drug-likeness (QED) is 0.335. The van der Waals surface area contributed by atoms with Gasteiger partial charge in [-0.2, -0.15) is 0 Å². The van der Waals surface area contributed by atoms with Crippen LogP contribution in [0.3, 0.4) is 0 Å². The summed E-state index contributed by atoms with van der Waals surface area (Å²) in [6.45, 7) is 4.56. The molecule has 1 fully saturated rings. The molecule has 0 amide bonds. The molecule has 30 heavy (non-hydrogen) atoms. The normalized spacial score (nSPS) is 19.1. The Bertz CT molecular complexity index is 696. The van der Waals surface area contributed by atoms with Crippen LogP contribution in [0.2, 0.25) is 0 Å². The lowest BCUT2D eigenvalue weighted by Crippen LogP contribution is -2.14. The van der Waals surface area contributed by atoms with Gasteiger partial charge in [0.2, 0.25) is 0 Å². The first-order valence-electron chi connectivity index (χ1n) is 12.7. The minimum absolute atomic E-state index is 0.682. The van der Waals surface area contributed by atoms with Gasteiger partial charge in [-0.3, -0.25) is 0 Å². The maximum Gasteiger partial charge on any atom is 0.128 e. The third-order valence-corrected chi connectivity index (χ3v) is 6.99. The molecule has 1 saturated carbocycles. The lowest BCUT2D eigenvalue weighted by molar-refractivity contribution is 0.302. The summed E-state index contributed by atoms with van der Waals surface area (Å²) in [5, 5.41) is 0. The maximum absolute atomic E-state index is 4.70. The fourth-order valence-corrected chi connectivity index (χ4v) is 4.88. The number of nitrogens with zero attached hydrogens (tertiary/aromatic N) is 2. The predicted molar refractivity (Wildman–Crippen MR) is 128 cm³/mol. The molecule has 164 valence electrons. The second kappa shape index (κ2) is 12.9. The summed E-state index contributed by atoms with van der Waals surface area (Å²) >= 11 is 0. The number of aromatic nitrogens is 2. The van der Waals surface area contributed by atoms with E-state index in [1.807, 2.05) is 0 Å². The van der Waals surface area contributed by atoms with Gasteiger partial charge in [-0.05, 0) is 73.5 Å². The summed E-state index contributed by atoms with van der Waals surface area (Å²) in [5.74, 6) is 2.63. The fraction of sp³-hybridized carbons (Fsp3) is 0.643. The minimum Gasteiger partial charge on any atom is -0.241 e. The van der Waals surface area contributed by atoms with Crippen LogP contribution < -0.4 is 0 Å². The van der Waals surface area contributed by atoms with Gasteiger partial charge >= 0.3 is 0 Å². The van der Waals surface area contributed by atoms with Crippen molar-refractivity contribution in [3.05, 3.63) is 59.2 Å². The zero-order chi connectivity index (χ0) is 21.0. The molecule has 0 unspecified atom stereocenters. The maximum atomic E-state index is 4.70. The number of aryl methyl sites for hydroxylation is 3. The summed E-state index contributed by atoms with van der Waals surface area (Å²) in [6.07, 6.45) is 22.3. The van der Waals surface area contributed by atoms with E-state index in [4.69, 9.17) is 9.97 Å². The largest absolute Gasteiger partial charge is 0.241 e. The Hall–Kier alpha value is -1.70. The van der Waals surface area contributed by atoms with E-state index in [9.17, 15) is 0 Å². The molecule has 0 N–H and O–H groups in total. The van der Waals surface area contributed by atoms with Gasteiger partial charge in [0.25, 0.3) is 0 Å². The van der Waals surface area contributed by atoms with Crippen LogP contribution in [0.4, 0.5) is 0 Å². The molecule has 0 radical (unpaired) electrons. The zero-order valence-corrected chi connectivity index (χ0v) is 19.4. The van der Waals surface area contributed by atoms with Crippen LogP contribution in [0.1, 0.15) is 113 Å². The van der Waals surface area contributed by atoms with Gasteiger partial charge in [-0.15, -0.1) is 0 Å². The number of rotatable bonds is 12. The van der Waals surface area contributed by atoms with Crippen molar-refractivity contribution in [1.29, 1.82) is 0 Å². The molecule has 0 aliphatic heterocycles. The Morgan fingerprint density at radius 3 is 1.93 bits per heavy atom. The Kier molecular flexibility index (Phi) is 9.86. The first kappa shape index (κ1) is 23.0. The van der Waals surface area contributed by atoms with Crippen LogP contribution in [-0.2, 0) is 19.3 Å². The van der Waals surface area contributed by atoms with Crippen molar-refractivity contribution in [3.8, 4) is 0 Å². The monoisotopic (exact) mass is 406 g/mol. The molecular formula is C28H42N2. The molecule has 0 spiro atoms. The van der Waals surface area contributed by atoms with Crippen LogP contribution in [0.5, 0.6) is 0 Å². The molecule has 2 aromatic rings. The summed E-state index contributed by atoms with van der Waals surface area (Å²) in [4.78, 5) is 9.41. The Balaban J connectivity index is 1.40. The molecule has 0 atom stereocenters. The molecule has 3 rings (SSSR count). The van der Waals surface area contributed by atoms with E-state index in [0.29, 0.717) is 5.92 Å². The zero-order valence-electron chi connectivity index (χ0n) is 19.4. The average molecular weight is 407 g/mol. The van der Waals surface area contributed by atoms with Crippen LogP contribution in [0.25, 0.3) is 0 Å². The molecule has 2 nitrogen and oxygen atoms in total. The Morgan fingerprint density at radius 2 is 1.30 bits per heavy atom. The predicted octanol–water partition coefficient (Wildman–Crippen LogP) is 7.85. The average Bonchev–Trinajstić information content (AvgIpc) is 2.80. The van der Waals surface area contributed by atoms with Gasteiger partial charge in [0.1, 0.15) is 5.82 Å². The van der Waals surface area contributed by atoms with E-state index < -0.39 is 0 Å². The molecule has 0 bridgehead atoms. The second-order valence-electron chi connectivity index (χ2n) is 9.42. The first-order chi connectivity index (χ1) is 14.8. The standard InChI is InChI=1S/C28H42N2/c1-3-5-7-9-23-11-13-25(14-12-23)17-20-28-29-21-27(22-30-28)26-18-15-24(16-19-26)10-8-6-4-2/h11-14,21-22,24,26H,3-10,15-20H2,1-2H3/t24-,26-. The number of hydrogen-bond acceptors (Lipinski definition) is 2. The van der Waals surface area contributed by atoms with Crippen molar-refractivity contribution < 1.29 is 0 Å². The Morgan fingerprint density at radius 1 is 0.700 bits per heavy atom. The van der Waals surface area contributed by atoms with Crippen LogP contribution in [0, 0.1) is 5.92 Å². The van der Waals surface area contributed by atoms with Crippen molar-refractivity contribution in [2.45, 2.75) is 110 Å². The molecule has 1 aliphatic rings. The lowest BCUT2D eigenvalue weighted by atomic mass is 9.77. The summed E-state index contributed by atoms with van der Waals surface area (Å²) in [6, 6.07) is 9.17. The molecule has 1 aromatic carbocycles. The first-order valence-corrected chi connectivity index (χ1v) is 12.7. The van der Waals surface area contributed by atoms with E-state index >= 15 is 0 Å². The van der Waals surface area contributed by atoms with Crippen molar-refractivity contribution in [2.75, 3.05) is 0 Å². The van der Waals surface area contributed by atoms with Gasteiger partial charge in [-0.25, -0.2) is 9.97 Å². The third kappa shape index (κ3) is 7.52. The van der Waals surface area contributed by atoms with E-state index in [1.165, 1.54) is 93.7 Å². The molecule has 1 aromatic heterocycles. The Labute approximate surface area is 184 Å². The van der Waals surface area contributed by atoms with E-state index in [0.717, 1.165) is 24.6 Å². The van der Waals surface area contributed by atoms with E-state index in [-0.39, 0.29) is 0 Å². The van der Waals surface area contributed by atoms with Crippen molar-refractivity contribution in [2.24, 2.45) is 5.92 Å². The highest BCUT2D eigenvalue weighted by Crippen LogP contribution is 2.37. The lowest BCUT2D eigenvalue weighted by Gasteiger charge is -2.28. The third-order valence-electron chi connectivity index (χ3n) is 6.99. The second-order valence-corrected chi connectivity index (χ2v) is 9.42. The van der Waals surface area contributed by atoms with Gasteiger partial charge < -0.3 is 0 Å². The van der Waals surface area contributed by atoms with Gasteiger partial charge in [0.05, 0.1) is 0 Å². The van der Waals surface area contributed by atoms with E-state index in [1.54, 1.807) is 0 Å². The fourth-order valence-electron chi connectivity index (χ4n) is 4.88. The van der Waals surface area contributed by atoms with Crippen molar-refractivity contribution >= 4 is 0 Å². The number of unbranched alkanes of at least 4 members (excludes halogenated alkanes) is 4. The SMILES string of the molecule is CCCCCc1ccc(CCc2ncc([C@H]3CC[C@H](CCCCC)CC3)cn2)cc1. The molecule has 0 saturated heterocycles. The molecule has 1 aliphatic carbocycles. The van der Waals surface area contributed by atoms with Crippen molar-refractivity contribution in [3.63, 3.8) is 0 Å². The number of benzene rings is 1. The summed E-state index contributed by atoms with van der Waals surface area (Å²) in [5.41, 5.74) is 4.22. The highest BCUT2D eigenvalue weighted by Gasteiger charge is 2.22.